The Hall–Kier alpha value is -0.220. The van der Waals surface area contributed by atoms with Crippen molar-refractivity contribution in [2.75, 3.05) is 13.1 Å². The first-order chi connectivity index (χ1) is 10.3. The predicted molar refractivity (Wildman–Crippen MR) is 86.3 cm³/mol. The van der Waals surface area contributed by atoms with Gasteiger partial charge in [0.2, 0.25) is 0 Å². The molecule has 0 amide bonds. The molecule has 1 unspecified atom stereocenters. The van der Waals surface area contributed by atoms with E-state index in [1.165, 1.54) is 12.8 Å². The summed E-state index contributed by atoms with van der Waals surface area (Å²) in [5.74, 6) is 0.0178. The van der Waals surface area contributed by atoms with Crippen molar-refractivity contribution in [3.8, 4) is 0 Å². The second-order valence-electron chi connectivity index (χ2n) is 7.99. The van der Waals surface area contributed by atoms with Gasteiger partial charge in [-0.3, -0.25) is 4.90 Å². The zero-order chi connectivity index (χ0) is 16.3. The Balaban J connectivity index is 1.84. The highest BCUT2D eigenvalue weighted by Gasteiger charge is 2.41. The highest BCUT2D eigenvalue weighted by atomic mass is 19.3. The summed E-state index contributed by atoms with van der Waals surface area (Å²) >= 11 is 0. The quantitative estimate of drug-likeness (QED) is 0.727. The number of halogens is 2. The van der Waals surface area contributed by atoms with Crippen LogP contribution in [-0.2, 0) is 4.74 Å². The van der Waals surface area contributed by atoms with Crippen molar-refractivity contribution in [2.24, 2.45) is 11.3 Å². The number of nitrogens with zero attached hydrogens (tertiary/aromatic N) is 1. The molecule has 0 aromatic carbocycles. The Kier molecular flexibility index (Phi) is 6.23. The third kappa shape index (κ3) is 4.41. The van der Waals surface area contributed by atoms with Crippen LogP contribution in [0.5, 0.6) is 0 Å². The molecule has 0 aromatic rings. The minimum absolute atomic E-state index is 0.0178. The second-order valence-corrected chi connectivity index (χ2v) is 7.99. The van der Waals surface area contributed by atoms with Crippen LogP contribution in [0.1, 0.15) is 66.2 Å². The minimum Gasteiger partial charge on any atom is -0.376 e. The van der Waals surface area contributed by atoms with E-state index in [0.717, 1.165) is 38.8 Å². The van der Waals surface area contributed by atoms with Gasteiger partial charge >= 0.3 is 0 Å². The number of alkyl halides is 2. The van der Waals surface area contributed by atoms with Crippen LogP contribution in [0.25, 0.3) is 0 Å². The summed E-state index contributed by atoms with van der Waals surface area (Å²) in [7, 11) is 0. The lowest BCUT2D eigenvalue weighted by Gasteiger charge is -2.48. The van der Waals surface area contributed by atoms with Crippen LogP contribution in [0.15, 0.2) is 0 Å². The summed E-state index contributed by atoms with van der Waals surface area (Å²) < 4.78 is 32.5. The van der Waals surface area contributed by atoms with E-state index in [1.807, 2.05) is 18.7 Å². The molecule has 2 nitrogen and oxygen atoms in total. The van der Waals surface area contributed by atoms with Crippen LogP contribution in [0.4, 0.5) is 8.78 Å². The Morgan fingerprint density at radius 2 is 1.50 bits per heavy atom. The molecule has 1 aliphatic heterocycles. The first kappa shape index (κ1) is 18.1. The first-order valence-electron chi connectivity index (χ1n) is 9.01. The summed E-state index contributed by atoms with van der Waals surface area (Å²) in [6, 6.07) is -0.571. The lowest BCUT2D eigenvalue weighted by atomic mass is 9.67. The minimum atomic E-state index is -2.23. The maximum atomic E-state index is 13.3. The summed E-state index contributed by atoms with van der Waals surface area (Å²) in [5, 5.41) is 0. The number of ether oxygens (including phenoxy) is 1. The molecule has 4 heteroatoms. The van der Waals surface area contributed by atoms with Crippen LogP contribution in [0, 0.1) is 11.3 Å². The van der Waals surface area contributed by atoms with Crippen LogP contribution in [0.2, 0.25) is 0 Å². The van der Waals surface area contributed by atoms with E-state index in [2.05, 4.69) is 13.8 Å². The molecule has 1 saturated carbocycles. The molecule has 2 rings (SSSR count). The number of piperidine rings is 1. The maximum absolute atomic E-state index is 13.3. The third-order valence-corrected chi connectivity index (χ3v) is 5.68. The Bertz CT molecular complexity index is 320. The molecule has 22 heavy (non-hydrogen) atoms. The van der Waals surface area contributed by atoms with Crippen molar-refractivity contribution in [2.45, 2.75) is 90.9 Å². The number of likely N-dealkylation sites (tertiary alicyclic amines) is 1. The number of hydrogen-bond donors (Lipinski definition) is 0. The Morgan fingerprint density at radius 3 is 1.91 bits per heavy atom. The average Bonchev–Trinajstić information content (AvgIpc) is 2.43. The topological polar surface area (TPSA) is 12.5 Å². The summed E-state index contributed by atoms with van der Waals surface area (Å²) in [6.45, 7) is 9.69. The molecule has 0 N–H and O–H groups in total. The van der Waals surface area contributed by atoms with Gasteiger partial charge in [0.1, 0.15) is 0 Å². The van der Waals surface area contributed by atoms with Crippen molar-refractivity contribution in [1.29, 1.82) is 0 Å². The van der Waals surface area contributed by atoms with E-state index in [1.54, 1.807) is 0 Å². The van der Waals surface area contributed by atoms with Crippen LogP contribution < -0.4 is 0 Å². The molecule has 0 aromatic heterocycles. The molecule has 1 aliphatic carbocycles. The van der Waals surface area contributed by atoms with E-state index in [-0.39, 0.29) is 5.92 Å². The molecule has 1 heterocycles. The van der Waals surface area contributed by atoms with E-state index in [9.17, 15) is 8.78 Å². The van der Waals surface area contributed by atoms with Gasteiger partial charge in [-0.15, -0.1) is 0 Å². The Morgan fingerprint density at radius 1 is 0.955 bits per heavy atom. The Labute approximate surface area is 134 Å². The summed E-state index contributed by atoms with van der Waals surface area (Å²) in [6.07, 6.45) is 5.34. The van der Waals surface area contributed by atoms with Crippen LogP contribution >= 0.6 is 0 Å². The van der Waals surface area contributed by atoms with Gasteiger partial charge in [-0.2, -0.15) is 0 Å². The first-order valence-corrected chi connectivity index (χ1v) is 9.01. The molecule has 130 valence electrons. The van der Waals surface area contributed by atoms with Gasteiger partial charge in [-0.05, 0) is 76.8 Å². The van der Waals surface area contributed by atoms with Gasteiger partial charge in [0, 0.05) is 0 Å². The lowest BCUT2D eigenvalue weighted by Crippen LogP contribution is -2.51. The average molecular weight is 317 g/mol. The van der Waals surface area contributed by atoms with Crippen molar-refractivity contribution in [1.82, 2.24) is 4.90 Å². The van der Waals surface area contributed by atoms with Gasteiger partial charge in [0.25, 0.3) is 6.43 Å². The fraction of sp³-hybridized carbons (Fsp3) is 1.00. The summed E-state index contributed by atoms with van der Waals surface area (Å²) in [5.41, 5.74) is 0.400. The van der Waals surface area contributed by atoms with Crippen molar-refractivity contribution < 1.29 is 13.5 Å². The standard InChI is InChI=1S/C18H33F2NO/c1-13(2)16(17(19)20)21-11-9-18(10-12-21)7-5-15(6-8-18)22-14(3)4/h13-17H,5-12H2,1-4H3. The second kappa shape index (κ2) is 7.57. The maximum Gasteiger partial charge on any atom is 0.254 e. The van der Waals surface area contributed by atoms with Crippen molar-refractivity contribution in [3.05, 3.63) is 0 Å². The van der Waals surface area contributed by atoms with Crippen LogP contribution in [-0.4, -0.2) is 42.7 Å². The van der Waals surface area contributed by atoms with Crippen molar-refractivity contribution >= 4 is 0 Å². The predicted octanol–water partition coefficient (Wildman–Crippen LogP) is 4.73. The molecule has 1 saturated heterocycles. The van der Waals surface area contributed by atoms with E-state index in [4.69, 9.17) is 4.74 Å². The molecule has 0 bridgehead atoms. The SMILES string of the molecule is CC(C)OC1CCC2(CC1)CCN(C(C(C)C)C(F)F)CC2. The van der Waals surface area contributed by atoms with E-state index in [0.29, 0.717) is 17.6 Å². The van der Waals surface area contributed by atoms with Gasteiger partial charge in [0.05, 0.1) is 18.2 Å². The third-order valence-electron chi connectivity index (χ3n) is 5.68. The molecule has 1 spiro atoms. The lowest BCUT2D eigenvalue weighted by molar-refractivity contribution is -0.0655. The van der Waals surface area contributed by atoms with Gasteiger partial charge in [-0.25, -0.2) is 8.78 Å². The van der Waals surface area contributed by atoms with Gasteiger partial charge < -0.3 is 4.74 Å². The largest absolute Gasteiger partial charge is 0.376 e. The normalized spacial score (nSPS) is 25.5. The van der Waals surface area contributed by atoms with E-state index < -0.39 is 12.5 Å². The monoisotopic (exact) mass is 317 g/mol. The number of hydrogen-bond acceptors (Lipinski definition) is 2. The van der Waals surface area contributed by atoms with Gasteiger partial charge in [0.15, 0.2) is 0 Å². The molecule has 0 radical (unpaired) electrons. The van der Waals surface area contributed by atoms with Gasteiger partial charge in [-0.1, -0.05) is 13.8 Å². The highest BCUT2D eigenvalue weighted by Crippen LogP contribution is 2.46. The molecular weight excluding hydrogens is 284 g/mol. The number of rotatable bonds is 5. The fourth-order valence-corrected chi connectivity index (χ4v) is 4.39. The fourth-order valence-electron chi connectivity index (χ4n) is 4.39. The summed E-state index contributed by atoms with van der Waals surface area (Å²) in [4.78, 5) is 2.04. The molecular formula is C18H33F2NO. The van der Waals surface area contributed by atoms with Crippen molar-refractivity contribution in [3.63, 3.8) is 0 Å². The zero-order valence-corrected chi connectivity index (χ0v) is 14.7. The molecule has 2 aliphatic rings. The highest BCUT2D eigenvalue weighted by molar-refractivity contribution is 4.93. The van der Waals surface area contributed by atoms with Crippen LogP contribution in [0.3, 0.4) is 0 Å². The molecule has 2 fully saturated rings. The smallest absolute Gasteiger partial charge is 0.254 e. The molecule has 1 atom stereocenters. The van der Waals surface area contributed by atoms with E-state index >= 15 is 0 Å². The zero-order valence-electron chi connectivity index (χ0n) is 14.7.